The zero-order chi connectivity index (χ0) is 24.5. The quantitative estimate of drug-likeness (QED) is 0.308. The summed E-state index contributed by atoms with van der Waals surface area (Å²) in [5.41, 5.74) is 9.59. The van der Waals surface area contributed by atoms with Gasteiger partial charge in [0, 0.05) is 22.9 Å². The van der Waals surface area contributed by atoms with Crippen molar-refractivity contribution in [3.05, 3.63) is 95.2 Å². The Morgan fingerprint density at radius 2 is 1.46 bits per heavy atom. The smallest absolute Gasteiger partial charge is 0.179 e. The highest BCUT2D eigenvalue weighted by Crippen LogP contribution is 2.56. The van der Waals surface area contributed by atoms with Crippen molar-refractivity contribution in [3.63, 3.8) is 0 Å². The van der Waals surface area contributed by atoms with Gasteiger partial charge >= 0.3 is 0 Å². The fraction of sp³-hybridized carbons (Fsp3) is 0.290. The normalized spacial score (nSPS) is 19.8. The number of hydrogen-bond donors (Lipinski definition) is 0. The van der Waals surface area contributed by atoms with Crippen LogP contribution >= 0.6 is 0 Å². The van der Waals surface area contributed by atoms with Crippen LogP contribution in [0.1, 0.15) is 43.0 Å². The summed E-state index contributed by atoms with van der Waals surface area (Å²) in [5, 5.41) is 0. The van der Waals surface area contributed by atoms with Crippen molar-refractivity contribution < 1.29 is 0 Å². The highest BCUT2D eigenvalue weighted by Gasteiger charge is 2.52. The average molecular weight is 461 g/mol. The first kappa shape index (κ1) is 21.8. The largest absolute Gasteiger partial charge is 0.302 e. The summed E-state index contributed by atoms with van der Waals surface area (Å²) in [6.45, 7) is 13.6. The van der Waals surface area contributed by atoms with Gasteiger partial charge in [0.05, 0.1) is 11.9 Å². The molecule has 1 aromatic heterocycles. The molecular weight excluding hydrogens is 428 g/mol. The van der Waals surface area contributed by atoms with Crippen LogP contribution in [-0.2, 0) is 5.41 Å². The fourth-order valence-corrected chi connectivity index (χ4v) is 6.19. The predicted octanol–water partition coefficient (Wildman–Crippen LogP) is 7.61. The molecule has 4 nitrogen and oxygen atoms in total. The zero-order valence-electron chi connectivity index (χ0n) is 21.4. The van der Waals surface area contributed by atoms with Crippen molar-refractivity contribution >= 4 is 23.0 Å². The monoisotopic (exact) mass is 460 g/mol. The lowest BCUT2D eigenvalue weighted by atomic mass is 9.69. The summed E-state index contributed by atoms with van der Waals surface area (Å²) in [7, 11) is 0. The maximum Gasteiger partial charge on any atom is 0.179 e. The fourth-order valence-electron chi connectivity index (χ4n) is 6.19. The summed E-state index contributed by atoms with van der Waals surface area (Å²) in [4.78, 5) is 15.3. The van der Waals surface area contributed by atoms with Crippen molar-refractivity contribution in [2.45, 2.75) is 53.1 Å². The van der Waals surface area contributed by atoms with E-state index in [-0.39, 0.29) is 11.6 Å². The molecule has 0 aliphatic carbocycles. The van der Waals surface area contributed by atoms with Gasteiger partial charge < -0.3 is 9.80 Å². The van der Waals surface area contributed by atoms with Crippen LogP contribution in [0.2, 0.25) is 0 Å². The molecule has 2 unspecified atom stereocenters. The second-order valence-corrected chi connectivity index (χ2v) is 10.7. The molecule has 35 heavy (non-hydrogen) atoms. The third-order valence-corrected chi connectivity index (χ3v) is 8.13. The predicted molar refractivity (Wildman–Crippen MR) is 145 cm³/mol. The van der Waals surface area contributed by atoms with Gasteiger partial charge in [-0.05, 0) is 61.1 Å². The Morgan fingerprint density at radius 1 is 0.800 bits per heavy atom. The van der Waals surface area contributed by atoms with E-state index in [4.69, 9.17) is 9.97 Å². The molecule has 0 saturated carbocycles. The molecule has 0 amide bonds. The van der Waals surface area contributed by atoms with Gasteiger partial charge in [0.2, 0.25) is 0 Å². The van der Waals surface area contributed by atoms with E-state index >= 15 is 0 Å². The van der Waals surface area contributed by atoms with Gasteiger partial charge in [0.25, 0.3) is 0 Å². The Balaban J connectivity index is 1.63. The van der Waals surface area contributed by atoms with Crippen LogP contribution in [0.4, 0.5) is 23.0 Å². The lowest BCUT2D eigenvalue weighted by Crippen LogP contribution is -2.53. The van der Waals surface area contributed by atoms with Crippen LogP contribution in [-0.4, -0.2) is 16.1 Å². The van der Waals surface area contributed by atoms with Gasteiger partial charge in [-0.25, -0.2) is 9.97 Å². The Kier molecular flexibility index (Phi) is 4.79. The molecule has 0 spiro atoms. The molecule has 176 valence electrons. The molecule has 2 atom stereocenters. The first-order valence-electron chi connectivity index (χ1n) is 12.5. The average Bonchev–Trinajstić information content (AvgIpc) is 3.17. The van der Waals surface area contributed by atoms with Crippen LogP contribution in [0.5, 0.6) is 0 Å². The molecule has 0 N–H and O–H groups in total. The van der Waals surface area contributed by atoms with E-state index in [1.165, 1.54) is 33.5 Å². The molecule has 4 aromatic rings. The highest BCUT2D eigenvalue weighted by atomic mass is 15.5. The number of fused-ring (bicyclic) bond motifs is 5. The zero-order valence-corrected chi connectivity index (χ0v) is 21.4. The molecule has 6 rings (SSSR count). The van der Waals surface area contributed by atoms with Gasteiger partial charge in [-0.3, -0.25) is 0 Å². The summed E-state index contributed by atoms with van der Waals surface area (Å²) in [6, 6.07) is 23.9. The third-order valence-electron chi connectivity index (χ3n) is 8.13. The number of hydrogen-bond acceptors (Lipinski definition) is 4. The van der Waals surface area contributed by atoms with Gasteiger partial charge in [-0.15, -0.1) is 0 Å². The van der Waals surface area contributed by atoms with Crippen molar-refractivity contribution in [2.24, 2.45) is 5.92 Å². The molecule has 4 heteroatoms. The first-order valence-corrected chi connectivity index (χ1v) is 12.5. The lowest BCUT2D eigenvalue weighted by molar-refractivity contribution is 0.279. The molecular formula is C31H32N4. The SMILES string of the molecule is Cc1cc(C)c(-c2cnc3c(n2)N2c4ccccc4C(C)(C)C(C)C2N3c2ccccc2)c(C)c1. The van der Waals surface area contributed by atoms with E-state index < -0.39 is 0 Å². The Labute approximate surface area is 208 Å². The number of anilines is 4. The number of aryl methyl sites for hydroxylation is 3. The topological polar surface area (TPSA) is 32.3 Å². The van der Waals surface area contributed by atoms with E-state index in [0.29, 0.717) is 5.92 Å². The Bertz CT molecular complexity index is 1420. The summed E-state index contributed by atoms with van der Waals surface area (Å²) < 4.78 is 0. The minimum absolute atomic E-state index is 0.000202. The second-order valence-electron chi connectivity index (χ2n) is 10.7. The molecule has 0 radical (unpaired) electrons. The number of rotatable bonds is 2. The highest BCUT2D eigenvalue weighted by molar-refractivity contribution is 5.87. The van der Waals surface area contributed by atoms with Crippen LogP contribution in [0.15, 0.2) is 72.9 Å². The van der Waals surface area contributed by atoms with E-state index in [0.717, 1.165) is 23.0 Å². The summed E-state index contributed by atoms with van der Waals surface area (Å²) >= 11 is 0. The van der Waals surface area contributed by atoms with E-state index in [2.05, 4.69) is 118 Å². The maximum atomic E-state index is 5.34. The van der Waals surface area contributed by atoms with Gasteiger partial charge in [0.1, 0.15) is 6.17 Å². The van der Waals surface area contributed by atoms with Crippen molar-refractivity contribution in [3.8, 4) is 11.3 Å². The minimum Gasteiger partial charge on any atom is -0.302 e. The van der Waals surface area contributed by atoms with Crippen LogP contribution in [0.25, 0.3) is 11.3 Å². The first-order chi connectivity index (χ1) is 16.8. The molecule has 2 aliphatic rings. The molecule has 0 saturated heterocycles. The molecule has 0 bridgehead atoms. The standard InChI is InChI=1S/C31H32N4/c1-19-16-20(2)27(21(3)17-19)25-18-32-28-29(33-25)35-26-15-11-10-14-24(26)31(5,6)22(4)30(35)34(28)23-12-8-7-9-13-23/h7-18,22,30H,1-6H3. The third kappa shape index (κ3) is 3.12. The molecule has 2 aliphatic heterocycles. The Morgan fingerprint density at radius 3 is 2.17 bits per heavy atom. The lowest BCUT2D eigenvalue weighted by Gasteiger charge is -2.49. The maximum absolute atomic E-state index is 5.34. The number of aromatic nitrogens is 2. The number of nitrogens with zero attached hydrogens (tertiary/aromatic N) is 4. The van der Waals surface area contributed by atoms with Crippen LogP contribution in [0, 0.1) is 26.7 Å². The molecule has 3 aromatic carbocycles. The van der Waals surface area contributed by atoms with E-state index in [9.17, 15) is 0 Å². The minimum atomic E-state index is -0.000202. The van der Waals surface area contributed by atoms with Crippen molar-refractivity contribution in [1.82, 2.24) is 9.97 Å². The van der Waals surface area contributed by atoms with Gasteiger partial charge in [0.15, 0.2) is 11.6 Å². The Hall–Kier alpha value is -3.66. The van der Waals surface area contributed by atoms with E-state index in [1.54, 1.807) is 0 Å². The summed E-state index contributed by atoms with van der Waals surface area (Å²) in [6.07, 6.45) is 2.05. The van der Waals surface area contributed by atoms with Crippen LogP contribution in [0.3, 0.4) is 0 Å². The molecule has 3 heterocycles. The van der Waals surface area contributed by atoms with Crippen molar-refractivity contribution in [2.75, 3.05) is 9.80 Å². The van der Waals surface area contributed by atoms with Gasteiger partial charge in [-0.1, -0.05) is 74.9 Å². The van der Waals surface area contributed by atoms with Gasteiger partial charge in [-0.2, -0.15) is 0 Å². The number of para-hydroxylation sites is 2. The number of benzene rings is 3. The van der Waals surface area contributed by atoms with E-state index in [1.807, 2.05) is 6.20 Å². The summed E-state index contributed by atoms with van der Waals surface area (Å²) in [5.74, 6) is 2.19. The second kappa shape index (κ2) is 7.67. The van der Waals surface area contributed by atoms with Crippen LogP contribution < -0.4 is 9.80 Å². The van der Waals surface area contributed by atoms with Crippen molar-refractivity contribution in [1.29, 1.82) is 0 Å². The molecule has 0 fully saturated rings.